The van der Waals surface area contributed by atoms with E-state index in [1.54, 1.807) is 54.6 Å². The molecule has 0 saturated carbocycles. The maximum Gasteiger partial charge on any atom is 0.344 e. The van der Waals surface area contributed by atoms with E-state index in [-0.39, 0.29) is 0 Å². The SMILES string of the molecule is Cc1ccc(NC(=O)C(=O)N/N=C/c2ccc(OC(=O)c3ccccc3Br)cc2)c(C)c1. The minimum atomic E-state index is -0.889. The Hall–Kier alpha value is -3.78. The van der Waals surface area contributed by atoms with E-state index in [9.17, 15) is 14.4 Å². The largest absolute Gasteiger partial charge is 0.423 e. The molecule has 3 rings (SSSR count). The number of halogens is 1. The highest BCUT2D eigenvalue weighted by atomic mass is 79.9. The Labute approximate surface area is 193 Å². The molecule has 3 aromatic rings. The number of rotatable bonds is 5. The second-order valence-corrected chi connectivity index (χ2v) is 7.76. The normalized spacial score (nSPS) is 10.6. The predicted molar refractivity (Wildman–Crippen MR) is 126 cm³/mol. The molecule has 0 spiro atoms. The van der Waals surface area contributed by atoms with Crippen molar-refractivity contribution < 1.29 is 19.1 Å². The molecule has 0 aliphatic heterocycles. The van der Waals surface area contributed by atoms with E-state index in [4.69, 9.17) is 4.74 Å². The minimum absolute atomic E-state index is 0.361. The molecule has 0 radical (unpaired) electrons. The summed E-state index contributed by atoms with van der Waals surface area (Å²) in [6.45, 7) is 3.79. The zero-order valence-electron chi connectivity index (χ0n) is 17.4. The van der Waals surface area contributed by atoms with Crippen LogP contribution in [0.3, 0.4) is 0 Å². The molecular formula is C24H20BrN3O4. The van der Waals surface area contributed by atoms with Gasteiger partial charge in [0.15, 0.2) is 0 Å². The number of benzene rings is 3. The van der Waals surface area contributed by atoms with Gasteiger partial charge in [-0.2, -0.15) is 5.10 Å². The van der Waals surface area contributed by atoms with Gasteiger partial charge in [-0.25, -0.2) is 10.2 Å². The Balaban J connectivity index is 1.53. The Morgan fingerprint density at radius 2 is 1.66 bits per heavy atom. The number of carbonyl (C=O) groups is 3. The number of nitrogens with one attached hydrogen (secondary N) is 2. The number of ether oxygens (including phenoxy) is 1. The third-order valence-electron chi connectivity index (χ3n) is 4.40. The fourth-order valence-electron chi connectivity index (χ4n) is 2.76. The molecule has 0 atom stereocenters. The van der Waals surface area contributed by atoms with Crippen LogP contribution < -0.4 is 15.5 Å². The number of amides is 2. The van der Waals surface area contributed by atoms with Crippen molar-refractivity contribution in [3.63, 3.8) is 0 Å². The number of anilines is 1. The number of aryl methyl sites for hydroxylation is 2. The van der Waals surface area contributed by atoms with Gasteiger partial charge >= 0.3 is 17.8 Å². The Morgan fingerprint density at radius 3 is 2.34 bits per heavy atom. The van der Waals surface area contributed by atoms with E-state index in [1.165, 1.54) is 6.21 Å². The van der Waals surface area contributed by atoms with Gasteiger partial charge in [-0.3, -0.25) is 9.59 Å². The van der Waals surface area contributed by atoms with Gasteiger partial charge in [0.1, 0.15) is 5.75 Å². The van der Waals surface area contributed by atoms with Gasteiger partial charge in [0.2, 0.25) is 0 Å². The van der Waals surface area contributed by atoms with Gasteiger partial charge in [0.05, 0.1) is 11.8 Å². The van der Waals surface area contributed by atoms with Crippen LogP contribution in [0.1, 0.15) is 27.0 Å². The Morgan fingerprint density at radius 1 is 0.938 bits per heavy atom. The molecule has 2 N–H and O–H groups in total. The highest BCUT2D eigenvalue weighted by Gasteiger charge is 2.14. The quantitative estimate of drug-likeness (QED) is 0.181. The van der Waals surface area contributed by atoms with Gasteiger partial charge in [0.25, 0.3) is 0 Å². The van der Waals surface area contributed by atoms with Gasteiger partial charge in [0, 0.05) is 10.2 Å². The molecule has 7 nitrogen and oxygen atoms in total. The third kappa shape index (κ3) is 6.12. The average Bonchev–Trinajstić information content (AvgIpc) is 2.77. The lowest BCUT2D eigenvalue weighted by Gasteiger charge is -2.08. The van der Waals surface area contributed by atoms with Gasteiger partial charge in [-0.1, -0.05) is 29.8 Å². The summed E-state index contributed by atoms with van der Waals surface area (Å²) in [5.74, 6) is -1.83. The van der Waals surface area contributed by atoms with E-state index < -0.39 is 17.8 Å². The van der Waals surface area contributed by atoms with Gasteiger partial charge < -0.3 is 10.1 Å². The highest BCUT2D eigenvalue weighted by molar-refractivity contribution is 9.10. The van der Waals surface area contributed by atoms with Crippen molar-refractivity contribution in [3.8, 4) is 5.75 Å². The predicted octanol–water partition coefficient (Wildman–Crippen LogP) is 4.37. The molecule has 3 aromatic carbocycles. The van der Waals surface area contributed by atoms with Gasteiger partial charge in [-0.15, -0.1) is 0 Å². The summed E-state index contributed by atoms with van der Waals surface area (Å²) in [4.78, 5) is 36.2. The molecular weight excluding hydrogens is 474 g/mol. The molecule has 0 aliphatic rings. The minimum Gasteiger partial charge on any atom is -0.423 e. The van der Waals surface area contributed by atoms with Crippen molar-refractivity contribution in [2.24, 2.45) is 5.10 Å². The molecule has 2 amide bonds. The van der Waals surface area contributed by atoms with E-state index in [2.05, 4.69) is 31.8 Å². The van der Waals surface area contributed by atoms with Crippen LogP contribution in [0.15, 0.2) is 76.3 Å². The van der Waals surface area contributed by atoms with Crippen molar-refractivity contribution in [1.29, 1.82) is 0 Å². The summed E-state index contributed by atoms with van der Waals surface area (Å²) >= 11 is 3.32. The van der Waals surface area contributed by atoms with Crippen molar-refractivity contribution in [2.45, 2.75) is 13.8 Å². The fraction of sp³-hybridized carbons (Fsp3) is 0.0833. The first-order chi connectivity index (χ1) is 15.3. The molecule has 0 heterocycles. The topological polar surface area (TPSA) is 96.9 Å². The molecule has 0 saturated heterocycles. The number of esters is 1. The smallest absolute Gasteiger partial charge is 0.344 e. The second kappa shape index (κ2) is 10.5. The zero-order valence-corrected chi connectivity index (χ0v) is 19.0. The summed E-state index contributed by atoms with van der Waals surface area (Å²) in [6.07, 6.45) is 1.38. The van der Waals surface area contributed by atoms with Crippen LogP contribution in [0.4, 0.5) is 5.69 Å². The maximum atomic E-state index is 12.2. The van der Waals surface area contributed by atoms with Crippen LogP contribution in [0.2, 0.25) is 0 Å². The first-order valence-corrected chi connectivity index (χ1v) is 10.4. The lowest BCUT2D eigenvalue weighted by molar-refractivity contribution is -0.136. The molecule has 32 heavy (non-hydrogen) atoms. The maximum absolute atomic E-state index is 12.2. The lowest BCUT2D eigenvalue weighted by Crippen LogP contribution is -2.32. The van der Waals surface area contributed by atoms with Crippen molar-refractivity contribution in [3.05, 3.63) is 93.5 Å². The number of hydrazone groups is 1. The molecule has 0 aromatic heterocycles. The number of hydrogen-bond acceptors (Lipinski definition) is 5. The molecule has 0 bridgehead atoms. The Kier molecular flexibility index (Phi) is 7.51. The summed E-state index contributed by atoms with van der Waals surface area (Å²) in [5.41, 5.74) is 5.72. The second-order valence-electron chi connectivity index (χ2n) is 6.91. The molecule has 0 fully saturated rings. The van der Waals surface area contributed by atoms with E-state index >= 15 is 0 Å². The van der Waals surface area contributed by atoms with Crippen molar-refractivity contribution >= 4 is 45.6 Å². The van der Waals surface area contributed by atoms with Crippen LogP contribution in [0.25, 0.3) is 0 Å². The van der Waals surface area contributed by atoms with E-state index in [1.807, 2.05) is 26.0 Å². The number of carbonyl (C=O) groups excluding carboxylic acids is 3. The first kappa shape index (κ1) is 22.9. The Bertz CT molecular complexity index is 1190. The molecule has 8 heteroatoms. The van der Waals surface area contributed by atoms with Crippen LogP contribution in [-0.2, 0) is 9.59 Å². The van der Waals surface area contributed by atoms with Crippen LogP contribution >= 0.6 is 15.9 Å². The highest BCUT2D eigenvalue weighted by Crippen LogP contribution is 2.19. The van der Waals surface area contributed by atoms with Crippen molar-refractivity contribution in [2.75, 3.05) is 5.32 Å². The summed E-state index contributed by atoms with van der Waals surface area (Å²) in [6, 6.07) is 19.0. The standard InChI is InChI=1S/C24H20BrN3O4/c1-15-7-12-21(16(2)13-15)27-22(29)23(30)28-26-14-17-8-10-18(11-9-17)32-24(31)19-5-3-4-6-20(19)25/h3-14H,1-2H3,(H,27,29)(H,28,30)/b26-14+. The monoisotopic (exact) mass is 493 g/mol. The zero-order chi connectivity index (χ0) is 23.1. The van der Waals surface area contributed by atoms with E-state index in [0.29, 0.717) is 27.0 Å². The van der Waals surface area contributed by atoms with Crippen molar-refractivity contribution in [1.82, 2.24) is 5.43 Å². The molecule has 0 aliphatic carbocycles. The summed E-state index contributed by atoms with van der Waals surface area (Å²) < 4.78 is 5.99. The number of nitrogens with zero attached hydrogens (tertiary/aromatic N) is 1. The van der Waals surface area contributed by atoms with Crippen LogP contribution in [0.5, 0.6) is 5.75 Å². The summed E-state index contributed by atoms with van der Waals surface area (Å²) in [7, 11) is 0. The molecule has 162 valence electrons. The average molecular weight is 494 g/mol. The van der Waals surface area contributed by atoms with Crippen LogP contribution in [0, 0.1) is 13.8 Å². The third-order valence-corrected chi connectivity index (χ3v) is 5.09. The van der Waals surface area contributed by atoms with E-state index in [0.717, 1.165) is 11.1 Å². The van der Waals surface area contributed by atoms with Crippen LogP contribution in [-0.4, -0.2) is 24.0 Å². The first-order valence-electron chi connectivity index (χ1n) is 9.62. The fourth-order valence-corrected chi connectivity index (χ4v) is 3.21. The molecule has 0 unspecified atom stereocenters. The number of hydrogen-bond donors (Lipinski definition) is 2. The summed E-state index contributed by atoms with van der Waals surface area (Å²) in [5, 5.41) is 6.34. The lowest BCUT2D eigenvalue weighted by atomic mass is 10.1. The van der Waals surface area contributed by atoms with Gasteiger partial charge in [-0.05, 0) is 83.4 Å².